The Bertz CT molecular complexity index is 617. The molecule has 1 N–H and O–H groups in total. The summed E-state index contributed by atoms with van der Waals surface area (Å²) < 4.78 is 5.12. The molecule has 5 nitrogen and oxygen atoms in total. The first-order valence-corrected chi connectivity index (χ1v) is 4.84. The molecule has 0 bridgehead atoms. The van der Waals surface area contributed by atoms with E-state index in [1.165, 1.54) is 12.3 Å². The lowest BCUT2D eigenvalue weighted by molar-refractivity contribution is 0.0699. The molecule has 5 heteroatoms. The van der Waals surface area contributed by atoms with Crippen LogP contribution >= 0.6 is 0 Å². The van der Waals surface area contributed by atoms with Crippen LogP contribution in [0, 0.1) is 11.3 Å². The van der Waals surface area contributed by atoms with Crippen LogP contribution in [-0.2, 0) is 0 Å². The van der Waals surface area contributed by atoms with Gasteiger partial charge in [-0.2, -0.15) is 5.26 Å². The molecule has 0 atom stereocenters. The molecule has 0 aliphatic rings. The Hall–Kier alpha value is -2.61. The van der Waals surface area contributed by atoms with E-state index in [1.54, 1.807) is 18.2 Å². The number of carboxylic acid groups (broad SMARTS) is 1. The number of rotatable bonds is 3. The van der Waals surface area contributed by atoms with Gasteiger partial charge in [-0.15, -0.1) is 0 Å². The highest BCUT2D eigenvalue weighted by atomic mass is 16.5. The number of ether oxygens (including phenoxy) is 1. The Kier molecular flexibility index (Phi) is 2.88. The van der Waals surface area contributed by atoms with E-state index in [4.69, 9.17) is 15.1 Å². The van der Waals surface area contributed by atoms with E-state index >= 15 is 0 Å². The van der Waals surface area contributed by atoms with Gasteiger partial charge in [-0.25, -0.2) is 4.79 Å². The number of aromatic nitrogens is 1. The van der Waals surface area contributed by atoms with Crippen LogP contribution in [-0.4, -0.2) is 22.7 Å². The zero-order chi connectivity index (χ0) is 12.3. The molecular weight excluding hydrogens is 220 g/mol. The van der Waals surface area contributed by atoms with Crippen LogP contribution < -0.4 is 4.74 Å². The molecule has 0 radical (unpaired) electrons. The molecular formula is C12H8N2O3. The Balaban J connectivity index is 2.54. The van der Waals surface area contributed by atoms with E-state index < -0.39 is 5.97 Å². The number of hydrogen-bond donors (Lipinski definition) is 1. The number of hydrogen-bond acceptors (Lipinski definition) is 4. The smallest absolute Gasteiger partial charge is 0.336 e. The van der Waals surface area contributed by atoms with Crippen LogP contribution in [0.15, 0.2) is 30.5 Å². The number of nitriles is 1. The molecule has 0 fully saturated rings. The van der Waals surface area contributed by atoms with Crippen molar-refractivity contribution in [2.75, 3.05) is 6.61 Å². The topological polar surface area (TPSA) is 83.2 Å². The largest absolute Gasteiger partial charge is 0.479 e. The molecule has 1 aromatic heterocycles. The molecule has 2 rings (SSSR count). The standard InChI is InChI=1S/C12H8N2O3/c13-4-6-17-8-1-2-11-10(7-8)9(12(15)16)3-5-14-11/h1-3,5,7H,6H2,(H,15,16). The highest BCUT2D eigenvalue weighted by molar-refractivity contribution is 6.02. The van der Waals surface area contributed by atoms with Crippen LogP contribution in [0.2, 0.25) is 0 Å². The normalized spacial score (nSPS) is 9.82. The molecule has 0 unspecified atom stereocenters. The zero-order valence-electron chi connectivity index (χ0n) is 8.75. The monoisotopic (exact) mass is 228 g/mol. The lowest BCUT2D eigenvalue weighted by atomic mass is 10.1. The minimum atomic E-state index is -1.02. The maximum atomic E-state index is 11.0. The number of fused-ring (bicyclic) bond motifs is 1. The molecule has 0 saturated carbocycles. The number of carboxylic acids is 1. The van der Waals surface area contributed by atoms with E-state index in [1.807, 2.05) is 6.07 Å². The first-order chi connectivity index (χ1) is 8.22. The van der Waals surface area contributed by atoms with E-state index in [9.17, 15) is 4.79 Å². The molecule has 1 heterocycles. The average Bonchev–Trinajstić information content (AvgIpc) is 2.35. The Morgan fingerprint density at radius 1 is 1.47 bits per heavy atom. The van der Waals surface area contributed by atoms with Gasteiger partial charge in [0.05, 0.1) is 11.1 Å². The van der Waals surface area contributed by atoms with Crippen molar-refractivity contribution in [3.05, 3.63) is 36.0 Å². The highest BCUT2D eigenvalue weighted by Crippen LogP contribution is 2.22. The van der Waals surface area contributed by atoms with Crippen LogP contribution in [0.25, 0.3) is 10.9 Å². The Labute approximate surface area is 96.9 Å². The fraction of sp³-hybridized carbons (Fsp3) is 0.0833. The van der Waals surface area contributed by atoms with Crippen molar-refractivity contribution in [1.82, 2.24) is 4.98 Å². The summed E-state index contributed by atoms with van der Waals surface area (Å²) in [5.41, 5.74) is 0.742. The van der Waals surface area contributed by atoms with Gasteiger partial charge in [-0.3, -0.25) is 4.98 Å². The molecule has 2 aromatic rings. The number of aromatic carboxylic acids is 1. The van der Waals surface area contributed by atoms with Gasteiger partial charge in [0.1, 0.15) is 11.8 Å². The Morgan fingerprint density at radius 3 is 3.00 bits per heavy atom. The van der Waals surface area contributed by atoms with Gasteiger partial charge in [0.2, 0.25) is 0 Å². The summed E-state index contributed by atoms with van der Waals surface area (Å²) >= 11 is 0. The quantitative estimate of drug-likeness (QED) is 0.866. The average molecular weight is 228 g/mol. The SMILES string of the molecule is N#CCOc1ccc2nccc(C(=O)O)c2c1. The lowest BCUT2D eigenvalue weighted by Crippen LogP contribution is -1.99. The van der Waals surface area contributed by atoms with E-state index in [0.29, 0.717) is 16.7 Å². The Morgan fingerprint density at radius 2 is 2.29 bits per heavy atom. The maximum Gasteiger partial charge on any atom is 0.336 e. The zero-order valence-corrected chi connectivity index (χ0v) is 8.75. The third-order valence-corrected chi connectivity index (χ3v) is 2.25. The van der Waals surface area contributed by atoms with Gasteiger partial charge in [0.25, 0.3) is 0 Å². The van der Waals surface area contributed by atoms with Gasteiger partial charge >= 0.3 is 5.97 Å². The summed E-state index contributed by atoms with van der Waals surface area (Å²) in [6, 6.07) is 8.16. The molecule has 0 aliphatic heterocycles. The van der Waals surface area contributed by atoms with Crippen molar-refractivity contribution in [3.63, 3.8) is 0 Å². The van der Waals surface area contributed by atoms with Crippen LogP contribution in [0.1, 0.15) is 10.4 Å². The minimum absolute atomic E-state index is 0.0752. The molecule has 17 heavy (non-hydrogen) atoms. The third-order valence-electron chi connectivity index (χ3n) is 2.25. The summed E-state index contributed by atoms with van der Waals surface area (Å²) in [5.74, 6) is -0.565. The molecule has 1 aromatic carbocycles. The molecule has 0 amide bonds. The summed E-state index contributed by atoms with van der Waals surface area (Å²) in [5, 5.41) is 17.9. The van der Waals surface area contributed by atoms with Crippen molar-refractivity contribution in [1.29, 1.82) is 5.26 Å². The fourth-order valence-corrected chi connectivity index (χ4v) is 1.52. The second kappa shape index (κ2) is 4.49. The molecule has 84 valence electrons. The van der Waals surface area contributed by atoms with Gasteiger partial charge in [0.15, 0.2) is 6.61 Å². The van der Waals surface area contributed by atoms with Gasteiger partial charge < -0.3 is 9.84 Å². The number of carbonyl (C=O) groups is 1. The van der Waals surface area contributed by atoms with E-state index in [-0.39, 0.29) is 12.2 Å². The fourth-order valence-electron chi connectivity index (χ4n) is 1.52. The molecule has 0 aliphatic carbocycles. The number of pyridine rings is 1. The first-order valence-electron chi connectivity index (χ1n) is 4.84. The number of nitrogens with zero attached hydrogens (tertiary/aromatic N) is 2. The third kappa shape index (κ3) is 2.16. The highest BCUT2D eigenvalue weighted by Gasteiger charge is 2.09. The summed E-state index contributed by atoms with van der Waals surface area (Å²) in [4.78, 5) is 15.1. The summed E-state index contributed by atoms with van der Waals surface area (Å²) in [7, 11) is 0. The maximum absolute atomic E-state index is 11.0. The van der Waals surface area contributed by atoms with Crippen molar-refractivity contribution in [3.8, 4) is 11.8 Å². The lowest BCUT2D eigenvalue weighted by Gasteiger charge is -2.05. The van der Waals surface area contributed by atoms with Gasteiger partial charge in [0, 0.05) is 11.6 Å². The van der Waals surface area contributed by atoms with E-state index in [0.717, 1.165) is 0 Å². The van der Waals surface area contributed by atoms with Gasteiger partial charge in [-0.05, 0) is 24.3 Å². The predicted octanol–water partition coefficient (Wildman–Crippen LogP) is 1.84. The second-order valence-electron chi connectivity index (χ2n) is 3.29. The van der Waals surface area contributed by atoms with Crippen molar-refractivity contribution >= 4 is 16.9 Å². The van der Waals surface area contributed by atoms with E-state index in [2.05, 4.69) is 4.98 Å². The van der Waals surface area contributed by atoms with Crippen LogP contribution in [0.5, 0.6) is 5.75 Å². The predicted molar refractivity (Wildman–Crippen MR) is 59.8 cm³/mol. The molecule has 0 saturated heterocycles. The van der Waals surface area contributed by atoms with Crippen LogP contribution in [0.3, 0.4) is 0 Å². The molecule has 0 spiro atoms. The van der Waals surface area contributed by atoms with Crippen molar-refractivity contribution in [2.24, 2.45) is 0 Å². The number of benzene rings is 1. The van der Waals surface area contributed by atoms with Crippen molar-refractivity contribution < 1.29 is 14.6 Å². The van der Waals surface area contributed by atoms with Gasteiger partial charge in [-0.1, -0.05) is 0 Å². The van der Waals surface area contributed by atoms with Crippen molar-refractivity contribution in [2.45, 2.75) is 0 Å². The minimum Gasteiger partial charge on any atom is -0.479 e. The summed E-state index contributed by atoms with van der Waals surface area (Å²) in [6.07, 6.45) is 1.45. The second-order valence-corrected chi connectivity index (χ2v) is 3.29. The first kappa shape index (κ1) is 10.9. The summed E-state index contributed by atoms with van der Waals surface area (Å²) in [6.45, 7) is -0.0752. The van der Waals surface area contributed by atoms with Crippen LogP contribution in [0.4, 0.5) is 0 Å².